The SMILES string of the molecule is O=C(Cc1ccccc1)Nc1cncc(-c2ccc3[nH]nc(-c4nc5c(-c6ccc(F)s6)cccc5[nH]4)c3n2)c1. The van der Waals surface area contributed by atoms with Gasteiger partial charge in [-0.2, -0.15) is 9.49 Å². The number of aromatic amines is 2. The number of imidazole rings is 1. The Morgan fingerprint density at radius 1 is 0.900 bits per heavy atom. The summed E-state index contributed by atoms with van der Waals surface area (Å²) in [6, 6.07) is 24.2. The Balaban J connectivity index is 1.21. The van der Waals surface area contributed by atoms with Crippen LogP contribution in [-0.4, -0.2) is 36.0 Å². The highest BCUT2D eigenvalue weighted by atomic mass is 32.1. The highest BCUT2D eigenvalue weighted by molar-refractivity contribution is 7.14. The maximum atomic E-state index is 13.7. The number of H-pyrrole nitrogens is 2. The second-order valence-electron chi connectivity index (χ2n) is 9.23. The van der Waals surface area contributed by atoms with Crippen LogP contribution in [0.15, 0.2) is 91.3 Å². The Kier molecular flexibility index (Phi) is 5.86. The molecule has 194 valence electrons. The topological polar surface area (TPSA) is 112 Å². The minimum Gasteiger partial charge on any atom is -0.336 e. The summed E-state index contributed by atoms with van der Waals surface area (Å²) < 4.78 is 13.7. The van der Waals surface area contributed by atoms with Crippen LogP contribution < -0.4 is 5.32 Å². The van der Waals surface area contributed by atoms with Gasteiger partial charge in [0.25, 0.3) is 0 Å². The molecule has 0 aliphatic carbocycles. The minimum absolute atomic E-state index is 0.125. The molecule has 8 nitrogen and oxygen atoms in total. The first-order valence-corrected chi connectivity index (χ1v) is 13.3. The largest absolute Gasteiger partial charge is 0.336 e. The summed E-state index contributed by atoms with van der Waals surface area (Å²) in [4.78, 5) is 30.7. The van der Waals surface area contributed by atoms with E-state index >= 15 is 0 Å². The Morgan fingerprint density at radius 2 is 1.80 bits per heavy atom. The fourth-order valence-electron chi connectivity index (χ4n) is 4.66. The molecule has 0 saturated carbocycles. The van der Waals surface area contributed by atoms with E-state index in [2.05, 4.69) is 25.5 Å². The fraction of sp³-hybridized carbons (Fsp3) is 0.0333. The van der Waals surface area contributed by atoms with Crippen LogP contribution in [0.2, 0.25) is 0 Å². The lowest BCUT2D eigenvalue weighted by molar-refractivity contribution is -0.115. The van der Waals surface area contributed by atoms with E-state index in [-0.39, 0.29) is 17.5 Å². The normalized spacial score (nSPS) is 11.3. The fourth-order valence-corrected chi connectivity index (χ4v) is 5.42. The molecule has 0 fully saturated rings. The summed E-state index contributed by atoms with van der Waals surface area (Å²) in [7, 11) is 0. The number of nitrogens with zero attached hydrogens (tertiary/aromatic N) is 4. The number of carbonyl (C=O) groups excluding carboxylic acids is 1. The van der Waals surface area contributed by atoms with Crippen LogP contribution in [0, 0.1) is 5.13 Å². The number of pyridine rings is 2. The molecule has 7 aromatic rings. The van der Waals surface area contributed by atoms with E-state index in [1.165, 1.54) is 6.07 Å². The van der Waals surface area contributed by atoms with Crippen molar-refractivity contribution >= 4 is 45.0 Å². The van der Waals surface area contributed by atoms with Gasteiger partial charge >= 0.3 is 0 Å². The first kappa shape index (κ1) is 23.9. The Bertz CT molecular complexity index is 2010. The van der Waals surface area contributed by atoms with E-state index in [1.54, 1.807) is 18.5 Å². The second-order valence-corrected chi connectivity index (χ2v) is 10.3. The number of hydrogen-bond donors (Lipinski definition) is 3. The molecule has 10 heteroatoms. The Hall–Kier alpha value is -5.22. The van der Waals surface area contributed by atoms with Crippen LogP contribution in [-0.2, 0) is 11.2 Å². The summed E-state index contributed by atoms with van der Waals surface area (Å²) in [6.45, 7) is 0. The molecule has 0 radical (unpaired) electrons. The molecule has 0 aliphatic heterocycles. The number of para-hydroxylation sites is 1. The number of carbonyl (C=O) groups is 1. The smallest absolute Gasteiger partial charge is 0.228 e. The second kappa shape index (κ2) is 9.83. The molecule has 3 N–H and O–H groups in total. The first-order chi connectivity index (χ1) is 19.6. The van der Waals surface area contributed by atoms with E-state index < -0.39 is 0 Å². The third kappa shape index (κ3) is 4.50. The highest BCUT2D eigenvalue weighted by Crippen LogP contribution is 2.34. The zero-order valence-electron chi connectivity index (χ0n) is 20.9. The third-order valence-corrected chi connectivity index (χ3v) is 7.42. The maximum absolute atomic E-state index is 13.7. The van der Waals surface area contributed by atoms with E-state index in [0.29, 0.717) is 28.4 Å². The molecule has 2 aromatic carbocycles. The highest BCUT2D eigenvalue weighted by Gasteiger charge is 2.18. The molecular weight excluding hydrogens is 525 g/mol. The number of halogens is 1. The van der Waals surface area contributed by atoms with Crippen LogP contribution in [0.25, 0.3) is 55.3 Å². The van der Waals surface area contributed by atoms with Crippen molar-refractivity contribution in [3.63, 3.8) is 0 Å². The van der Waals surface area contributed by atoms with Gasteiger partial charge in [-0.1, -0.05) is 42.5 Å². The number of fused-ring (bicyclic) bond motifs is 2. The predicted molar refractivity (Wildman–Crippen MR) is 154 cm³/mol. The predicted octanol–water partition coefficient (Wildman–Crippen LogP) is 6.61. The van der Waals surface area contributed by atoms with Gasteiger partial charge in [0.05, 0.1) is 40.5 Å². The quantitative estimate of drug-likeness (QED) is 0.218. The van der Waals surface area contributed by atoms with Gasteiger partial charge in [-0.25, -0.2) is 9.97 Å². The molecule has 0 aliphatic rings. The lowest BCUT2D eigenvalue weighted by Gasteiger charge is -2.07. The molecule has 0 bridgehead atoms. The summed E-state index contributed by atoms with van der Waals surface area (Å²) in [5.41, 5.74) is 7.29. The molecule has 40 heavy (non-hydrogen) atoms. The van der Waals surface area contributed by atoms with Crippen molar-refractivity contribution < 1.29 is 9.18 Å². The van der Waals surface area contributed by atoms with Gasteiger partial charge in [-0.3, -0.25) is 14.9 Å². The van der Waals surface area contributed by atoms with Gasteiger partial charge in [0.2, 0.25) is 5.91 Å². The van der Waals surface area contributed by atoms with Crippen molar-refractivity contribution in [2.75, 3.05) is 5.32 Å². The van der Waals surface area contributed by atoms with Gasteiger partial charge in [-0.05, 0) is 42.0 Å². The van der Waals surface area contributed by atoms with Crippen LogP contribution in [0.5, 0.6) is 0 Å². The van der Waals surface area contributed by atoms with Crippen molar-refractivity contribution in [1.29, 1.82) is 0 Å². The number of thiophene rings is 1. The number of amides is 1. The van der Waals surface area contributed by atoms with E-state index in [0.717, 1.165) is 49.5 Å². The molecular formula is C30H20FN7OS. The molecule has 0 spiro atoms. The molecule has 0 saturated heterocycles. The van der Waals surface area contributed by atoms with Crippen LogP contribution in [0.1, 0.15) is 5.56 Å². The number of benzene rings is 2. The third-order valence-electron chi connectivity index (χ3n) is 6.51. The zero-order chi connectivity index (χ0) is 27.1. The molecule has 5 aromatic heterocycles. The number of nitrogens with one attached hydrogen (secondary N) is 3. The van der Waals surface area contributed by atoms with E-state index in [4.69, 9.17) is 9.97 Å². The summed E-state index contributed by atoms with van der Waals surface area (Å²) in [5, 5.41) is 10.2. The number of aromatic nitrogens is 6. The van der Waals surface area contributed by atoms with Gasteiger partial charge in [0, 0.05) is 22.2 Å². The zero-order valence-corrected chi connectivity index (χ0v) is 21.7. The van der Waals surface area contributed by atoms with E-state index in [9.17, 15) is 9.18 Å². The van der Waals surface area contributed by atoms with Crippen molar-refractivity contribution in [1.82, 2.24) is 30.1 Å². The van der Waals surface area contributed by atoms with Crippen molar-refractivity contribution in [2.45, 2.75) is 6.42 Å². The Labute approximate surface area is 231 Å². The summed E-state index contributed by atoms with van der Waals surface area (Å²) in [5.74, 6) is 0.427. The lowest BCUT2D eigenvalue weighted by Crippen LogP contribution is -2.14. The molecule has 1 amide bonds. The molecule has 7 rings (SSSR count). The average molecular weight is 546 g/mol. The monoisotopic (exact) mass is 545 g/mol. The molecule has 5 heterocycles. The van der Waals surface area contributed by atoms with Crippen LogP contribution >= 0.6 is 11.3 Å². The standard InChI is InChI=1S/C30H20FN7OS/c31-25-12-11-24(40-25)20-7-4-8-22-27(20)36-30(35-22)29-28-23(37-38-29)10-9-21(34-28)18-14-19(16-32-15-18)33-26(39)13-17-5-2-1-3-6-17/h1-12,14-16H,13H2,(H,33,39)(H,35,36)(H,37,38). The number of hydrogen-bond acceptors (Lipinski definition) is 6. The molecule has 0 atom stereocenters. The van der Waals surface area contributed by atoms with E-state index in [1.807, 2.05) is 66.7 Å². The summed E-state index contributed by atoms with van der Waals surface area (Å²) in [6.07, 6.45) is 3.59. The maximum Gasteiger partial charge on any atom is 0.228 e. The van der Waals surface area contributed by atoms with Crippen LogP contribution in [0.4, 0.5) is 10.1 Å². The lowest BCUT2D eigenvalue weighted by atomic mass is 10.1. The average Bonchev–Trinajstić information content (AvgIpc) is 3.71. The molecule has 0 unspecified atom stereocenters. The van der Waals surface area contributed by atoms with Gasteiger partial charge in [-0.15, -0.1) is 11.3 Å². The van der Waals surface area contributed by atoms with Gasteiger partial charge in [0.1, 0.15) is 5.52 Å². The number of anilines is 1. The summed E-state index contributed by atoms with van der Waals surface area (Å²) >= 11 is 1.08. The van der Waals surface area contributed by atoms with Crippen molar-refractivity contribution in [2.24, 2.45) is 0 Å². The Morgan fingerprint density at radius 3 is 2.65 bits per heavy atom. The first-order valence-electron chi connectivity index (χ1n) is 12.5. The van der Waals surface area contributed by atoms with Crippen molar-refractivity contribution in [3.8, 4) is 33.2 Å². The van der Waals surface area contributed by atoms with Crippen molar-refractivity contribution in [3.05, 3.63) is 102 Å². The van der Waals surface area contributed by atoms with Crippen LogP contribution in [0.3, 0.4) is 0 Å². The van der Waals surface area contributed by atoms with Gasteiger partial charge < -0.3 is 10.3 Å². The van der Waals surface area contributed by atoms with Gasteiger partial charge in [0.15, 0.2) is 16.6 Å². The minimum atomic E-state index is -0.243. The number of rotatable bonds is 6.